The molecule has 5 nitrogen and oxygen atoms in total. The van der Waals surface area contributed by atoms with E-state index in [-0.39, 0.29) is 11.8 Å². The van der Waals surface area contributed by atoms with Gasteiger partial charge in [0.25, 0.3) is 5.91 Å². The molecule has 124 valence electrons. The van der Waals surface area contributed by atoms with Gasteiger partial charge in [0.1, 0.15) is 0 Å². The van der Waals surface area contributed by atoms with Gasteiger partial charge in [-0.1, -0.05) is 43.7 Å². The Balaban J connectivity index is 1.87. The fraction of sp³-hybridized carbons (Fsp3) is 0.211. The van der Waals surface area contributed by atoms with E-state index in [0.717, 1.165) is 18.4 Å². The molecule has 0 saturated heterocycles. The average molecular weight is 323 g/mol. The third kappa shape index (κ3) is 5.68. The van der Waals surface area contributed by atoms with Crippen LogP contribution in [0.1, 0.15) is 42.1 Å². The normalized spacial score (nSPS) is 10.5. The van der Waals surface area contributed by atoms with E-state index in [1.54, 1.807) is 30.5 Å². The highest BCUT2D eigenvalue weighted by molar-refractivity contribution is 5.96. The first-order valence-corrected chi connectivity index (χ1v) is 7.97. The molecule has 0 aromatic heterocycles. The van der Waals surface area contributed by atoms with Gasteiger partial charge in [0, 0.05) is 17.7 Å². The van der Waals surface area contributed by atoms with Crippen LogP contribution in [0.5, 0.6) is 0 Å². The first-order chi connectivity index (χ1) is 11.7. The maximum Gasteiger partial charge on any atom is 0.271 e. The molecule has 2 N–H and O–H groups in total. The third-order valence-corrected chi connectivity index (χ3v) is 3.37. The van der Waals surface area contributed by atoms with E-state index in [0.29, 0.717) is 17.7 Å². The van der Waals surface area contributed by atoms with Crippen molar-refractivity contribution in [2.24, 2.45) is 5.10 Å². The fourth-order valence-electron chi connectivity index (χ4n) is 2.03. The molecular formula is C19H21N3O2. The highest BCUT2D eigenvalue weighted by Crippen LogP contribution is 2.10. The molecule has 0 spiro atoms. The molecule has 2 aromatic rings. The van der Waals surface area contributed by atoms with E-state index >= 15 is 0 Å². The largest absolute Gasteiger partial charge is 0.326 e. The lowest BCUT2D eigenvalue weighted by Gasteiger charge is -2.05. The fourth-order valence-corrected chi connectivity index (χ4v) is 2.03. The monoisotopic (exact) mass is 323 g/mol. The zero-order valence-electron chi connectivity index (χ0n) is 13.7. The molecule has 0 saturated carbocycles. The maximum absolute atomic E-state index is 12.0. The predicted octanol–water partition coefficient (Wildman–Crippen LogP) is 3.58. The van der Waals surface area contributed by atoms with Gasteiger partial charge in [-0.25, -0.2) is 5.43 Å². The molecule has 0 aliphatic carbocycles. The number of hydrogen-bond donors (Lipinski definition) is 2. The second kappa shape index (κ2) is 9.25. The minimum Gasteiger partial charge on any atom is -0.326 e. The van der Waals surface area contributed by atoms with Gasteiger partial charge in [-0.15, -0.1) is 0 Å². The molecule has 0 fully saturated rings. The predicted molar refractivity (Wildman–Crippen MR) is 96.1 cm³/mol. The highest BCUT2D eigenvalue weighted by Gasteiger charge is 2.05. The lowest BCUT2D eigenvalue weighted by molar-refractivity contribution is -0.116. The first-order valence-electron chi connectivity index (χ1n) is 7.97. The van der Waals surface area contributed by atoms with Gasteiger partial charge < -0.3 is 5.32 Å². The molecule has 2 aromatic carbocycles. The van der Waals surface area contributed by atoms with Crippen LogP contribution in [0.25, 0.3) is 0 Å². The van der Waals surface area contributed by atoms with E-state index in [9.17, 15) is 9.59 Å². The summed E-state index contributed by atoms with van der Waals surface area (Å²) in [6.45, 7) is 2.04. The minimum atomic E-state index is -0.300. The van der Waals surface area contributed by atoms with Gasteiger partial charge in [0.15, 0.2) is 0 Å². The second-order valence-corrected chi connectivity index (χ2v) is 5.34. The van der Waals surface area contributed by atoms with Crippen LogP contribution >= 0.6 is 0 Å². The number of amides is 2. The molecule has 2 rings (SSSR count). The van der Waals surface area contributed by atoms with E-state index in [1.807, 2.05) is 37.3 Å². The number of carbonyl (C=O) groups excluding carboxylic acids is 2. The first kappa shape index (κ1) is 17.4. The van der Waals surface area contributed by atoms with E-state index < -0.39 is 0 Å². The molecule has 0 radical (unpaired) electrons. The summed E-state index contributed by atoms with van der Waals surface area (Å²) in [4.78, 5) is 23.7. The van der Waals surface area contributed by atoms with E-state index in [1.165, 1.54) is 0 Å². The standard InChI is InChI=1S/C19H21N3O2/c1-2-3-9-18(23)21-17-12-10-16(11-13-17)19(24)22-20-14-15-7-5-4-6-8-15/h4-8,10-14H,2-3,9H2,1H3,(H,21,23)(H,22,24). The van der Waals surface area contributed by atoms with Crippen molar-refractivity contribution in [1.82, 2.24) is 5.43 Å². The molecule has 0 heterocycles. The Morgan fingerprint density at radius 1 is 1.04 bits per heavy atom. The van der Waals surface area contributed by atoms with Gasteiger partial charge in [0.05, 0.1) is 6.21 Å². The summed E-state index contributed by atoms with van der Waals surface area (Å²) in [5, 5.41) is 6.74. The highest BCUT2D eigenvalue weighted by atomic mass is 16.2. The lowest BCUT2D eigenvalue weighted by atomic mass is 10.2. The Morgan fingerprint density at radius 2 is 1.75 bits per heavy atom. The number of hydrogen-bond acceptors (Lipinski definition) is 3. The van der Waals surface area contributed by atoms with Gasteiger partial charge in [0.2, 0.25) is 5.91 Å². The van der Waals surface area contributed by atoms with Gasteiger partial charge >= 0.3 is 0 Å². The number of rotatable bonds is 7. The molecule has 0 atom stereocenters. The SMILES string of the molecule is CCCCC(=O)Nc1ccc(C(=O)NN=Cc2ccccc2)cc1. The minimum absolute atomic E-state index is 0.0125. The smallest absolute Gasteiger partial charge is 0.271 e. The van der Waals surface area contributed by atoms with E-state index in [4.69, 9.17) is 0 Å². The summed E-state index contributed by atoms with van der Waals surface area (Å²) in [5.41, 5.74) is 4.54. The Morgan fingerprint density at radius 3 is 2.42 bits per heavy atom. The zero-order valence-corrected chi connectivity index (χ0v) is 13.7. The van der Waals surface area contributed by atoms with Crippen molar-refractivity contribution < 1.29 is 9.59 Å². The molecule has 0 aliphatic heterocycles. The van der Waals surface area contributed by atoms with Crippen LogP contribution in [0.3, 0.4) is 0 Å². The molecule has 0 aliphatic rings. The van der Waals surface area contributed by atoms with Crippen LogP contribution in [0, 0.1) is 0 Å². The lowest BCUT2D eigenvalue weighted by Crippen LogP contribution is -2.17. The number of anilines is 1. The number of nitrogens with zero attached hydrogens (tertiary/aromatic N) is 1. The Hall–Kier alpha value is -2.95. The molecule has 0 unspecified atom stereocenters. The Kier molecular flexibility index (Phi) is 6.71. The van der Waals surface area contributed by atoms with E-state index in [2.05, 4.69) is 15.8 Å². The molecule has 5 heteroatoms. The summed E-state index contributed by atoms with van der Waals surface area (Å²) in [6, 6.07) is 16.2. The van der Waals surface area contributed by atoms with Crippen LogP contribution in [0.4, 0.5) is 5.69 Å². The summed E-state index contributed by atoms with van der Waals surface area (Å²) in [7, 11) is 0. The second-order valence-electron chi connectivity index (χ2n) is 5.34. The Labute approximate surface area is 141 Å². The number of hydrazone groups is 1. The maximum atomic E-state index is 12.0. The zero-order chi connectivity index (χ0) is 17.2. The van der Waals surface area contributed by atoms with Crippen molar-refractivity contribution in [3.63, 3.8) is 0 Å². The number of nitrogens with one attached hydrogen (secondary N) is 2. The van der Waals surface area contributed by atoms with Crippen molar-refractivity contribution >= 4 is 23.7 Å². The van der Waals surface area contributed by atoms with Crippen molar-refractivity contribution in [2.75, 3.05) is 5.32 Å². The van der Waals surface area contributed by atoms with Crippen LogP contribution in [-0.2, 0) is 4.79 Å². The van der Waals surface area contributed by atoms with Crippen LogP contribution in [0.2, 0.25) is 0 Å². The van der Waals surface area contributed by atoms with Crippen LogP contribution in [-0.4, -0.2) is 18.0 Å². The average Bonchev–Trinajstić information content (AvgIpc) is 2.61. The van der Waals surface area contributed by atoms with Gasteiger partial charge in [-0.2, -0.15) is 5.10 Å². The summed E-state index contributed by atoms with van der Waals surface area (Å²) in [6.07, 6.45) is 3.94. The van der Waals surface area contributed by atoms with Gasteiger partial charge in [-0.3, -0.25) is 9.59 Å². The topological polar surface area (TPSA) is 70.6 Å². The molecule has 2 amide bonds. The number of carbonyl (C=O) groups is 2. The molecule has 24 heavy (non-hydrogen) atoms. The van der Waals surface area contributed by atoms with Crippen LogP contribution < -0.4 is 10.7 Å². The summed E-state index contributed by atoms with van der Waals surface area (Å²) < 4.78 is 0. The quantitative estimate of drug-likeness (QED) is 0.604. The van der Waals surface area contributed by atoms with Crippen LogP contribution in [0.15, 0.2) is 59.7 Å². The van der Waals surface area contributed by atoms with Gasteiger partial charge in [-0.05, 0) is 36.2 Å². The molecule has 0 bridgehead atoms. The number of unbranched alkanes of at least 4 members (excludes halogenated alkanes) is 1. The number of benzene rings is 2. The van der Waals surface area contributed by atoms with Crippen molar-refractivity contribution in [1.29, 1.82) is 0 Å². The molecular weight excluding hydrogens is 302 g/mol. The van der Waals surface area contributed by atoms with Crippen molar-refractivity contribution in [2.45, 2.75) is 26.2 Å². The third-order valence-electron chi connectivity index (χ3n) is 3.37. The van der Waals surface area contributed by atoms with Crippen molar-refractivity contribution in [3.8, 4) is 0 Å². The summed E-state index contributed by atoms with van der Waals surface area (Å²) in [5.74, 6) is -0.312. The van der Waals surface area contributed by atoms with Crippen molar-refractivity contribution in [3.05, 3.63) is 65.7 Å². The summed E-state index contributed by atoms with van der Waals surface area (Å²) >= 11 is 0. The Bertz CT molecular complexity index is 694.